The number of nitrogens with one attached hydrogen (secondary N) is 2. The van der Waals surface area contributed by atoms with E-state index in [4.69, 9.17) is 5.11 Å². The van der Waals surface area contributed by atoms with E-state index in [1.807, 2.05) is 24.4 Å². The maximum absolute atomic E-state index is 10.7. The van der Waals surface area contributed by atoms with Crippen LogP contribution in [0, 0.1) is 0 Å². The van der Waals surface area contributed by atoms with Gasteiger partial charge in [-0.2, -0.15) is 0 Å². The molecule has 0 aliphatic rings. The summed E-state index contributed by atoms with van der Waals surface area (Å²) in [6.45, 7) is 1.64. The molecule has 0 saturated heterocycles. The molecule has 0 aliphatic heterocycles. The van der Waals surface area contributed by atoms with Gasteiger partial charge in [0.15, 0.2) is 0 Å². The van der Waals surface area contributed by atoms with Crippen LogP contribution in [0.5, 0.6) is 0 Å². The van der Waals surface area contributed by atoms with Gasteiger partial charge in [0.1, 0.15) is 0 Å². The van der Waals surface area contributed by atoms with Gasteiger partial charge in [0.25, 0.3) is 0 Å². The number of aromatic amines is 1. The van der Waals surface area contributed by atoms with E-state index >= 15 is 0 Å². The molecule has 0 amide bonds. The Morgan fingerprint density at radius 1 is 1.22 bits per heavy atom. The van der Waals surface area contributed by atoms with Crippen LogP contribution in [0.3, 0.4) is 0 Å². The van der Waals surface area contributed by atoms with E-state index < -0.39 is 5.97 Å². The van der Waals surface area contributed by atoms with E-state index in [-0.39, 0.29) is 0 Å². The number of aromatic carboxylic acids is 1. The predicted molar refractivity (Wildman–Crippen MR) is 69.6 cm³/mol. The third-order valence-corrected chi connectivity index (χ3v) is 2.76. The molecule has 1 aromatic carbocycles. The van der Waals surface area contributed by atoms with Crippen LogP contribution in [-0.2, 0) is 13.0 Å². The van der Waals surface area contributed by atoms with Crippen LogP contribution in [0.2, 0.25) is 0 Å². The first-order valence-electron chi connectivity index (χ1n) is 5.91. The monoisotopic (exact) mass is 244 g/mol. The number of benzene rings is 1. The highest BCUT2D eigenvalue weighted by Crippen LogP contribution is 2.04. The highest BCUT2D eigenvalue weighted by atomic mass is 16.4. The van der Waals surface area contributed by atoms with Crippen LogP contribution >= 0.6 is 0 Å². The summed E-state index contributed by atoms with van der Waals surface area (Å²) >= 11 is 0. The molecule has 0 aliphatic carbocycles. The van der Waals surface area contributed by atoms with Crippen molar-refractivity contribution in [3.05, 3.63) is 59.4 Å². The summed E-state index contributed by atoms with van der Waals surface area (Å²) in [5, 5.41) is 12.1. The van der Waals surface area contributed by atoms with Crippen molar-refractivity contribution in [1.29, 1.82) is 0 Å². The Kier molecular flexibility index (Phi) is 4.15. The van der Waals surface area contributed by atoms with Crippen molar-refractivity contribution < 1.29 is 9.90 Å². The van der Waals surface area contributed by atoms with Crippen LogP contribution in [0.25, 0.3) is 0 Å². The molecule has 0 spiro atoms. The third kappa shape index (κ3) is 3.46. The Hall–Kier alpha value is -2.07. The van der Waals surface area contributed by atoms with Gasteiger partial charge >= 0.3 is 5.97 Å². The maximum atomic E-state index is 10.7. The van der Waals surface area contributed by atoms with Crippen molar-refractivity contribution in [2.75, 3.05) is 6.54 Å². The topological polar surface area (TPSA) is 65.1 Å². The van der Waals surface area contributed by atoms with Crippen LogP contribution in [0.1, 0.15) is 21.6 Å². The summed E-state index contributed by atoms with van der Waals surface area (Å²) in [4.78, 5) is 13.8. The standard InChI is InChI=1S/C14H16N2O2/c17-14(18)12-5-3-11(4-6-12)10-15-9-7-13-2-1-8-16-13/h1-6,8,15-16H,7,9-10H2,(H,17,18). The van der Waals surface area contributed by atoms with Gasteiger partial charge in [-0.05, 0) is 36.2 Å². The number of carboxylic acids is 1. The number of H-pyrrole nitrogens is 1. The molecule has 3 N–H and O–H groups in total. The number of hydrogen-bond donors (Lipinski definition) is 3. The van der Waals surface area contributed by atoms with Crippen molar-refractivity contribution in [1.82, 2.24) is 10.3 Å². The lowest BCUT2D eigenvalue weighted by molar-refractivity contribution is 0.0697. The van der Waals surface area contributed by atoms with Crippen LogP contribution in [0.4, 0.5) is 0 Å². The molecule has 0 atom stereocenters. The SMILES string of the molecule is O=C(O)c1ccc(CNCCc2ccc[nH]2)cc1. The molecule has 0 unspecified atom stereocenters. The quantitative estimate of drug-likeness (QED) is 0.681. The zero-order chi connectivity index (χ0) is 12.8. The molecule has 2 aromatic rings. The van der Waals surface area contributed by atoms with Crippen molar-refractivity contribution in [3.63, 3.8) is 0 Å². The molecule has 4 nitrogen and oxygen atoms in total. The smallest absolute Gasteiger partial charge is 0.335 e. The lowest BCUT2D eigenvalue weighted by Gasteiger charge is -2.04. The van der Waals surface area contributed by atoms with Crippen molar-refractivity contribution in [2.24, 2.45) is 0 Å². The molecule has 0 bridgehead atoms. The summed E-state index contributed by atoms with van der Waals surface area (Å²) in [6, 6.07) is 11.0. The fraction of sp³-hybridized carbons (Fsp3) is 0.214. The molecule has 0 fully saturated rings. The molecular weight excluding hydrogens is 228 g/mol. The first-order chi connectivity index (χ1) is 8.75. The average molecular weight is 244 g/mol. The molecule has 0 radical (unpaired) electrons. The maximum Gasteiger partial charge on any atom is 0.335 e. The summed E-state index contributed by atoms with van der Waals surface area (Å²) in [6.07, 6.45) is 2.88. The fourth-order valence-corrected chi connectivity index (χ4v) is 1.74. The molecule has 94 valence electrons. The predicted octanol–water partition coefficient (Wildman–Crippen LogP) is 2.05. The number of carboxylic acid groups (broad SMARTS) is 1. The van der Waals surface area contributed by atoms with Gasteiger partial charge in [-0.3, -0.25) is 0 Å². The van der Waals surface area contributed by atoms with Gasteiger partial charge in [-0.1, -0.05) is 12.1 Å². The van der Waals surface area contributed by atoms with Crippen molar-refractivity contribution in [3.8, 4) is 0 Å². The third-order valence-electron chi connectivity index (χ3n) is 2.76. The molecule has 0 saturated carbocycles. The van der Waals surface area contributed by atoms with E-state index in [1.165, 1.54) is 5.69 Å². The van der Waals surface area contributed by atoms with Crippen molar-refractivity contribution >= 4 is 5.97 Å². The molecule has 1 aromatic heterocycles. The van der Waals surface area contributed by atoms with Gasteiger partial charge in [0, 0.05) is 25.0 Å². The number of rotatable bonds is 6. The van der Waals surface area contributed by atoms with Gasteiger partial charge in [0.05, 0.1) is 5.56 Å². The van der Waals surface area contributed by atoms with E-state index in [0.717, 1.165) is 25.1 Å². The molecule has 1 heterocycles. The highest BCUT2D eigenvalue weighted by Gasteiger charge is 2.01. The Labute approximate surface area is 106 Å². The lowest BCUT2D eigenvalue weighted by Crippen LogP contribution is -2.16. The first-order valence-corrected chi connectivity index (χ1v) is 5.91. The Morgan fingerprint density at radius 3 is 2.61 bits per heavy atom. The van der Waals surface area contributed by atoms with Gasteiger partial charge in [-0.25, -0.2) is 4.79 Å². The molecule has 18 heavy (non-hydrogen) atoms. The Bertz CT molecular complexity index is 489. The summed E-state index contributed by atoms with van der Waals surface area (Å²) in [5.41, 5.74) is 2.63. The minimum Gasteiger partial charge on any atom is -0.478 e. The normalized spacial score (nSPS) is 10.4. The Morgan fingerprint density at radius 2 is 2.00 bits per heavy atom. The summed E-state index contributed by atoms with van der Waals surface area (Å²) in [7, 11) is 0. The van der Waals surface area contributed by atoms with Gasteiger partial charge in [0.2, 0.25) is 0 Å². The summed E-state index contributed by atoms with van der Waals surface area (Å²) in [5.74, 6) is -0.888. The zero-order valence-electron chi connectivity index (χ0n) is 10.0. The van der Waals surface area contributed by atoms with Crippen LogP contribution < -0.4 is 5.32 Å². The first kappa shape index (κ1) is 12.4. The van der Waals surface area contributed by atoms with E-state index in [2.05, 4.69) is 16.4 Å². The summed E-state index contributed by atoms with van der Waals surface area (Å²) < 4.78 is 0. The van der Waals surface area contributed by atoms with Crippen molar-refractivity contribution in [2.45, 2.75) is 13.0 Å². The van der Waals surface area contributed by atoms with E-state index in [9.17, 15) is 4.79 Å². The zero-order valence-corrected chi connectivity index (χ0v) is 10.0. The van der Waals surface area contributed by atoms with Gasteiger partial charge in [-0.15, -0.1) is 0 Å². The van der Waals surface area contributed by atoms with Crippen LogP contribution in [0.15, 0.2) is 42.6 Å². The van der Waals surface area contributed by atoms with Crippen LogP contribution in [-0.4, -0.2) is 22.6 Å². The number of aromatic nitrogens is 1. The average Bonchev–Trinajstić information content (AvgIpc) is 2.88. The second-order valence-corrected chi connectivity index (χ2v) is 4.12. The molecular formula is C14H16N2O2. The minimum atomic E-state index is -0.888. The highest BCUT2D eigenvalue weighted by molar-refractivity contribution is 5.87. The fourth-order valence-electron chi connectivity index (χ4n) is 1.74. The van der Waals surface area contributed by atoms with E-state index in [1.54, 1.807) is 12.1 Å². The van der Waals surface area contributed by atoms with E-state index in [0.29, 0.717) is 5.56 Å². The largest absolute Gasteiger partial charge is 0.478 e. The second-order valence-electron chi connectivity index (χ2n) is 4.12. The Balaban J connectivity index is 1.75. The lowest BCUT2D eigenvalue weighted by atomic mass is 10.1. The second kappa shape index (κ2) is 6.02. The van der Waals surface area contributed by atoms with Gasteiger partial charge < -0.3 is 15.4 Å². The molecule has 2 rings (SSSR count). The number of hydrogen-bond acceptors (Lipinski definition) is 2. The minimum absolute atomic E-state index is 0.324. The molecule has 4 heteroatoms. The number of carbonyl (C=O) groups is 1.